The van der Waals surface area contributed by atoms with Crippen LogP contribution in [0.3, 0.4) is 0 Å². The third-order valence-electron chi connectivity index (χ3n) is 0.871. The molecule has 1 unspecified atom stereocenters. The van der Waals surface area contributed by atoms with E-state index in [1.165, 1.54) is 0 Å². The van der Waals surface area contributed by atoms with Crippen LogP contribution in [0.5, 0.6) is 0 Å². The molecule has 1 atom stereocenters. The maximum atomic E-state index is 8.83. The number of hydroxylamine groups is 2. The van der Waals surface area contributed by atoms with Crippen LogP contribution in [0, 0.1) is 10.1 Å². The van der Waals surface area contributed by atoms with Crippen LogP contribution < -0.4 is 0 Å². The number of rotatable bonds is 4. The Balaban J connectivity index is 0. The van der Waals surface area contributed by atoms with Crippen molar-refractivity contribution in [2.24, 2.45) is 0 Å². The second-order valence-corrected chi connectivity index (χ2v) is 2.32. The summed E-state index contributed by atoms with van der Waals surface area (Å²) in [6.07, 6.45) is -0.318. The van der Waals surface area contributed by atoms with Crippen LogP contribution in [-0.4, -0.2) is 46.8 Å². The molecule has 0 aromatic rings. The van der Waals surface area contributed by atoms with Crippen molar-refractivity contribution in [3.05, 3.63) is 10.1 Å². The Morgan fingerprint density at radius 2 is 2.08 bits per heavy atom. The molecule has 0 aromatic carbocycles. The van der Waals surface area contributed by atoms with Crippen molar-refractivity contribution in [3.63, 3.8) is 0 Å². The first kappa shape index (κ1) is 14.6. The average Bonchev–Trinajstić information content (AvgIpc) is 1.83. The second-order valence-electron chi connectivity index (χ2n) is 2.32. The summed E-state index contributed by atoms with van der Waals surface area (Å²) in [5.41, 5.74) is 0. The molecule has 0 fully saturated rings. The summed E-state index contributed by atoms with van der Waals surface area (Å²) in [6.45, 7) is 4.87. The van der Waals surface area contributed by atoms with Gasteiger partial charge in [0.05, 0.1) is 12.7 Å². The Hall–Kier alpha value is -0.920. The lowest BCUT2D eigenvalue weighted by Crippen LogP contribution is -2.27. The van der Waals surface area contributed by atoms with Crippen LogP contribution in [0.2, 0.25) is 0 Å². The standard InChI is InChI=1S/C6H15NO2.HNO3/c1-4-9-7(3)5-6(2)8;2-1(3)4/h6,8H,4-5H2,1-3H3;(H,2,3,4). The molecule has 0 bridgehead atoms. The fraction of sp³-hybridized carbons (Fsp3) is 1.00. The molecule has 7 nitrogen and oxygen atoms in total. The van der Waals surface area contributed by atoms with Crippen molar-refractivity contribution in [1.82, 2.24) is 5.06 Å². The lowest BCUT2D eigenvalue weighted by molar-refractivity contribution is -0.742. The minimum absolute atomic E-state index is 0.318. The number of nitrogens with zero attached hydrogens (tertiary/aromatic N) is 2. The Bertz CT molecular complexity index is 126. The SMILES string of the molecule is CCON(C)CC(C)O.O=[N+]([O-])O. The van der Waals surface area contributed by atoms with Gasteiger partial charge in [-0.3, -0.25) is 4.84 Å². The molecule has 0 saturated heterocycles. The smallest absolute Gasteiger partial charge is 0.291 e. The molecular weight excluding hydrogens is 180 g/mol. The van der Waals surface area contributed by atoms with E-state index in [-0.39, 0.29) is 6.10 Å². The fourth-order valence-electron chi connectivity index (χ4n) is 0.645. The van der Waals surface area contributed by atoms with E-state index in [9.17, 15) is 0 Å². The van der Waals surface area contributed by atoms with Gasteiger partial charge in [0.25, 0.3) is 5.09 Å². The van der Waals surface area contributed by atoms with Crippen LogP contribution in [-0.2, 0) is 4.84 Å². The molecule has 13 heavy (non-hydrogen) atoms. The van der Waals surface area contributed by atoms with Gasteiger partial charge < -0.3 is 10.3 Å². The average molecular weight is 196 g/mol. The van der Waals surface area contributed by atoms with Gasteiger partial charge in [-0.05, 0) is 13.8 Å². The van der Waals surface area contributed by atoms with E-state index in [0.717, 1.165) is 0 Å². The first-order chi connectivity index (χ1) is 5.90. The maximum Gasteiger partial charge on any atom is 0.291 e. The first-order valence-electron chi connectivity index (χ1n) is 3.75. The van der Waals surface area contributed by atoms with Gasteiger partial charge in [0, 0.05) is 13.6 Å². The lowest BCUT2D eigenvalue weighted by Gasteiger charge is -2.16. The normalized spacial score (nSPS) is 11.8. The molecule has 0 rings (SSSR count). The number of hydrogen-bond donors (Lipinski definition) is 2. The second kappa shape index (κ2) is 9.17. The molecule has 0 aliphatic heterocycles. The highest BCUT2D eigenvalue weighted by molar-refractivity contribution is 4.45. The molecule has 0 aliphatic rings. The predicted molar refractivity (Wildman–Crippen MR) is 44.7 cm³/mol. The van der Waals surface area contributed by atoms with Crippen LogP contribution in [0.15, 0.2) is 0 Å². The van der Waals surface area contributed by atoms with E-state index in [2.05, 4.69) is 0 Å². The van der Waals surface area contributed by atoms with Crippen molar-refractivity contribution >= 4 is 0 Å². The quantitative estimate of drug-likeness (QED) is 0.481. The van der Waals surface area contributed by atoms with Gasteiger partial charge in [0.2, 0.25) is 0 Å². The van der Waals surface area contributed by atoms with Crippen molar-refractivity contribution < 1.29 is 20.2 Å². The highest BCUT2D eigenvalue weighted by Gasteiger charge is 2.00. The zero-order valence-electron chi connectivity index (χ0n) is 8.01. The zero-order valence-corrected chi connectivity index (χ0v) is 8.01. The van der Waals surface area contributed by atoms with Crippen molar-refractivity contribution in [2.75, 3.05) is 20.2 Å². The van der Waals surface area contributed by atoms with Gasteiger partial charge in [-0.2, -0.15) is 5.06 Å². The summed E-state index contributed by atoms with van der Waals surface area (Å²) in [5.74, 6) is 0. The molecule has 80 valence electrons. The Labute approximate surface area is 76.6 Å². The van der Waals surface area contributed by atoms with Crippen molar-refractivity contribution in [1.29, 1.82) is 0 Å². The van der Waals surface area contributed by atoms with Gasteiger partial charge in [-0.15, -0.1) is 10.1 Å². The van der Waals surface area contributed by atoms with E-state index < -0.39 is 5.09 Å². The monoisotopic (exact) mass is 196 g/mol. The number of hydrogen-bond acceptors (Lipinski definition) is 5. The summed E-state index contributed by atoms with van der Waals surface area (Å²) in [4.78, 5) is 13.4. The van der Waals surface area contributed by atoms with Crippen LogP contribution in [0.4, 0.5) is 0 Å². The molecule has 0 amide bonds. The van der Waals surface area contributed by atoms with Gasteiger partial charge >= 0.3 is 0 Å². The molecule has 0 aliphatic carbocycles. The molecular formula is C6H16N2O5. The van der Waals surface area contributed by atoms with Crippen LogP contribution in [0.25, 0.3) is 0 Å². The minimum atomic E-state index is -1.50. The number of aliphatic hydroxyl groups excluding tert-OH is 1. The summed E-state index contributed by atoms with van der Waals surface area (Å²) in [7, 11) is 1.80. The molecule has 0 radical (unpaired) electrons. The summed E-state index contributed by atoms with van der Waals surface area (Å²) >= 11 is 0. The molecule has 0 heterocycles. The Morgan fingerprint density at radius 1 is 1.69 bits per heavy atom. The lowest BCUT2D eigenvalue weighted by atomic mass is 10.4. The molecule has 0 spiro atoms. The molecule has 0 saturated carbocycles. The van der Waals surface area contributed by atoms with Crippen LogP contribution in [0.1, 0.15) is 13.8 Å². The Morgan fingerprint density at radius 3 is 2.31 bits per heavy atom. The largest absolute Gasteiger partial charge is 0.392 e. The van der Waals surface area contributed by atoms with E-state index in [4.69, 9.17) is 25.3 Å². The van der Waals surface area contributed by atoms with E-state index in [1.54, 1.807) is 19.0 Å². The summed E-state index contributed by atoms with van der Waals surface area (Å²) < 4.78 is 0. The number of aliphatic hydroxyl groups is 1. The minimum Gasteiger partial charge on any atom is -0.392 e. The maximum absolute atomic E-state index is 8.83. The van der Waals surface area contributed by atoms with E-state index in [0.29, 0.717) is 13.2 Å². The molecule has 0 aromatic heterocycles. The van der Waals surface area contributed by atoms with Gasteiger partial charge in [-0.25, -0.2) is 0 Å². The fourth-order valence-corrected chi connectivity index (χ4v) is 0.645. The first-order valence-corrected chi connectivity index (χ1v) is 3.75. The highest BCUT2D eigenvalue weighted by Crippen LogP contribution is 1.87. The van der Waals surface area contributed by atoms with E-state index in [1.807, 2.05) is 6.92 Å². The molecule has 7 heteroatoms. The topological polar surface area (TPSA) is 96.1 Å². The predicted octanol–water partition coefficient (Wildman–Crippen LogP) is -0.0972. The third-order valence-corrected chi connectivity index (χ3v) is 0.871. The van der Waals surface area contributed by atoms with Gasteiger partial charge in [0.15, 0.2) is 0 Å². The third kappa shape index (κ3) is 24.7. The Kier molecular flexibility index (Phi) is 10.3. The highest BCUT2D eigenvalue weighted by atomic mass is 16.9. The number of likely N-dealkylation sites (N-methyl/N-ethyl adjacent to an activating group) is 1. The van der Waals surface area contributed by atoms with Gasteiger partial charge in [0.1, 0.15) is 0 Å². The summed E-state index contributed by atoms with van der Waals surface area (Å²) in [5, 5.41) is 24.1. The van der Waals surface area contributed by atoms with Crippen LogP contribution >= 0.6 is 0 Å². The van der Waals surface area contributed by atoms with Gasteiger partial charge in [-0.1, -0.05) is 0 Å². The summed E-state index contributed by atoms with van der Waals surface area (Å²) in [6, 6.07) is 0. The van der Waals surface area contributed by atoms with Crippen molar-refractivity contribution in [3.8, 4) is 0 Å². The zero-order chi connectivity index (χ0) is 10.9. The van der Waals surface area contributed by atoms with E-state index >= 15 is 0 Å². The molecule has 2 N–H and O–H groups in total. The van der Waals surface area contributed by atoms with Crippen molar-refractivity contribution in [2.45, 2.75) is 20.0 Å².